The van der Waals surface area contributed by atoms with Gasteiger partial charge in [-0.25, -0.2) is 0 Å². The van der Waals surface area contributed by atoms with Gasteiger partial charge in [-0.15, -0.1) is 11.8 Å². The van der Waals surface area contributed by atoms with Gasteiger partial charge in [-0.05, 0) is 36.9 Å². The van der Waals surface area contributed by atoms with E-state index >= 15 is 0 Å². The van der Waals surface area contributed by atoms with Crippen LogP contribution in [0.15, 0.2) is 29.2 Å². The summed E-state index contributed by atoms with van der Waals surface area (Å²) in [5.74, 6) is 1.14. The molecule has 0 aliphatic heterocycles. The van der Waals surface area contributed by atoms with Gasteiger partial charge in [0.05, 0.1) is 0 Å². The molecule has 0 bridgehead atoms. The summed E-state index contributed by atoms with van der Waals surface area (Å²) in [7, 11) is 2.11. The first-order valence-corrected chi connectivity index (χ1v) is 5.70. The summed E-state index contributed by atoms with van der Waals surface area (Å²) in [6.45, 7) is 5.39. The maximum Gasteiger partial charge on any atom is 0.0364 e. The predicted molar refractivity (Wildman–Crippen MR) is 61.8 cm³/mol. The lowest BCUT2D eigenvalue weighted by molar-refractivity contribution is 0.967. The van der Waals surface area contributed by atoms with Crippen LogP contribution in [0.2, 0.25) is 0 Å². The van der Waals surface area contributed by atoms with E-state index in [0.717, 1.165) is 12.3 Å². The predicted octanol–water partition coefficient (Wildman–Crippen LogP) is 3.25. The number of thioether (sulfide) groups is 1. The Hall–Kier alpha value is -0.630. The number of benzene rings is 1. The van der Waals surface area contributed by atoms with Gasteiger partial charge in [0.15, 0.2) is 0 Å². The molecule has 0 saturated heterocycles. The van der Waals surface area contributed by atoms with Crippen LogP contribution in [0.4, 0.5) is 5.69 Å². The summed E-state index contributed by atoms with van der Waals surface area (Å²) >= 11 is 1.88. The monoisotopic (exact) mass is 195 g/mol. The topological polar surface area (TPSA) is 3.24 Å². The molecule has 1 rings (SSSR count). The summed E-state index contributed by atoms with van der Waals surface area (Å²) in [5, 5.41) is 0. The van der Waals surface area contributed by atoms with Crippen LogP contribution in [-0.4, -0.2) is 19.3 Å². The average molecular weight is 195 g/mol. The van der Waals surface area contributed by atoms with Crippen molar-refractivity contribution in [1.82, 2.24) is 0 Å². The van der Waals surface area contributed by atoms with Crippen LogP contribution in [0, 0.1) is 0 Å². The molecule has 0 aliphatic carbocycles. The minimum atomic E-state index is 1.06. The fourth-order valence-electron chi connectivity index (χ4n) is 1.15. The van der Waals surface area contributed by atoms with E-state index in [1.165, 1.54) is 10.6 Å². The summed E-state index contributed by atoms with van der Waals surface area (Å²) in [6.07, 6.45) is 0. The molecule has 0 N–H and O–H groups in total. The van der Waals surface area contributed by atoms with Crippen molar-refractivity contribution in [2.24, 2.45) is 0 Å². The Balaban J connectivity index is 2.69. The highest BCUT2D eigenvalue weighted by atomic mass is 32.2. The zero-order valence-electron chi connectivity index (χ0n) is 8.58. The number of nitrogens with zero attached hydrogens (tertiary/aromatic N) is 1. The molecule has 72 valence electrons. The summed E-state index contributed by atoms with van der Waals surface area (Å²) in [5.41, 5.74) is 1.29. The van der Waals surface area contributed by atoms with Gasteiger partial charge in [-0.2, -0.15) is 0 Å². The Kier molecular flexibility index (Phi) is 4.16. The molecule has 0 radical (unpaired) electrons. The fourth-order valence-corrected chi connectivity index (χ4v) is 1.81. The van der Waals surface area contributed by atoms with E-state index < -0.39 is 0 Å². The standard InChI is InChI=1S/C11H17NS/c1-4-12(3)10-6-8-11(9-7-10)13-5-2/h6-9H,4-5H2,1-3H3. The van der Waals surface area contributed by atoms with Crippen LogP contribution < -0.4 is 4.90 Å². The van der Waals surface area contributed by atoms with E-state index in [0.29, 0.717) is 0 Å². The molecule has 0 spiro atoms. The molecule has 0 aromatic heterocycles. The van der Waals surface area contributed by atoms with Gasteiger partial charge < -0.3 is 4.90 Å². The molecule has 13 heavy (non-hydrogen) atoms. The second-order valence-corrected chi connectivity index (χ2v) is 4.28. The smallest absolute Gasteiger partial charge is 0.0364 e. The van der Waals surface area contributed by atoms with Gasteiger partial charge in [0, 0.05) is 24.2 Å². The van der Waals surface area contributed by atoms with Gasteiger partial charge >= 0.3 is 0 Å². The maximum absolute atomic E-state index is 2.24. The summed E-state index contributed by atoms with van der Waals surface area (Å²) < 4.78 is 0. The van der Waals surface area contributed by atoms with E-state index in [-0.39, 0.29) is 0 Å². The molecule has 0 saturated carbocycles. The first kappa shape index (κ1) is 10.5. The van der Waals surface area contributed by atoms with Crippen LogP contribution in [0.25, 0.3) is 0 Å². The lowest BCUT2D eigenvalue weighted by Gasteiger charge is -2.16. The minimum Gasteiger partial charge on any atom is -0.375 e. The number of anilines is 1. The minimum absolute atomic E-state index is 1.06. The Morgan fingerprint density at radius 3 is 2.23 bits per heavy atom. The van der Waals surface area contributed by atoms with Crippen molar-refractivity contribution < 1.29 is 0 Å². The molecular formula is C11H17NS. The highest BCUT2D eigenvalue weighted by Crippen LogP contribution is 2.21. The average Bonchev–Trinajstić information content (AvgIpc) is 2.18. The van der Waals surface area contributed by atoms with Gasteiger partial charge in [-0.3, -0.25) is 0 Å². The van der Waals surface area contributed by atoms with Crippen LogP contribution >= 0.6 is 11.8 Å². The number of rotatable bonds is 4. The first-order valence-electron chi connectivity index (χ1n) is 4.72. The van der Waals surface area contributed by atoms with Crippen LogP contribution in [0.5, 0.6) is 0 Å². The van der Waals surface area contributed by atoms with Crippen molar-refractivity contribution in [1.29, 1.82) is 0 Å². The summed E-state index contributed by atoms with van der Waals surface area (Å²) in [4.78, 5) is 3.59. The zero-order chi connectivity index (χ0) is 9.68. The molecule has 0 unspecified atom stereocenters. The molecule has 1 nitrogen and oxygen atoms in total. The quantitative estimate of drug-likeness (QED) is 0.678. The third kappa shape index (κ3) is 2.96. The van der Waals surface area contributed by atoms with Crippen molar-refractivity contribution in [3.8, 4) is 0 Å². The fraction of sp³-hybridized carbons (Fsp3) is 0.455. The Morgan fingerprint density at radius 2 is 1.77 bits per heavy atom. The molecule has 0 atom stereocenters. The second-order valence-electron chi connectivity index (χ2n) is 2.94. The van der Waals surface area contributed by atoms with Gasteiger partial charge in [0.1, 0.15) is 0 Å². The largest absolute Gasteiger partial charge is 0.375 e. The van der Waals surface area contributed by atoms with Crippen LogP contribution in [0.1, 0.15) is 13.8 Å². The normalized spacial score (nSPS) is 10.1. The second kappa shape index (κ2) is 5.18. The highest BCUT2D eigenvalue weighted by Gasteiger charge is 1.97. The van der Waals surface area contributed by atoms with Crippen LogP contribution in [0.3, 0.4) is 0 Å². The molecular weight excluding hydrogens is 178 g/mol. The van der Waals surface area contributed by atoms with Crippen molar-refractivity contribution in [3.05, 3.63) is 24.3 Å². The number of hydrogen-bond donors (Lipinski definition) is 0. The van der Waals surface area contributed by atoms with E-state index in [1.807, 2.05) is 11.8 Å². The third-order valence-electron chi connectivity index (χ3n) is 2.06. The van der Waals surface area contributed by atoms with Crippen molar-refractivity contribution in [3.63, 3.8) is 0 Å². The third-order valence-corrected chi connectivity index (χ3v) is 2.96. The Labute approximate surface area is 85.1 Å². The van der Waals surface area contributed by atoms with E-state index in [4.69, 9.17) is 0 Å². The van der Waals surface area contributed by atoms with Gasteiger partial charge in [0.2, 0.25) is 0 Å². The Bertz CT molecular complexity index is 243. The molecule has 0 fully saturated rings. The molecule has 0 aliphatic rings. The molecule has 1 aromatic rings. The molecule has 1 aromatic carbocycles. The lowest BCUT2D eigenvalue weighted by Crippen LogP contribution is -2.15. The van der Waals surface area contributed by atoms with Gasteiger partial charge in [0.25, 0.3) is 0 Å². The van der Waals surface area contributed by atoms with Crippen LogP contribution in [-0.2, 0) is 0 Å². The van der Waals surface area contributed by atoms with Crippen molar-refractivity contribution in [2.75, 3.05) is 24.2 Å². The SMILES string of the molecule is CCSc1ccc(N(C)CC)cc1. The lowest BCUT2D eigenvalue weighted by atomic mass is 10.3. The number of hydrogen-bond acceptors (Lipinski definition) is 2. The van der Waals surface area contributed by atoms with E-state index in [9.17, 15) is 0 Å². The molecule has 0 amide bonds. The Morgan fingerprint density at radius 1 is 1.15 bits per heavy atom. The zero-order valence-corrected chi connectivity index (χ0v) is 9.40. The highest BCUT2D eigenvalue weighted by molar-refractivity contribution is 7.99. The van der Waals surface area contributed by atoms with E-state index in [1.54, 1.807) is 0 Å². The summed E-state index contributed by atoms with van der Waals surface area (Å²) in [6, 6.07) is 8.74. The maximum atomic E-state index is 2.24. The van der Waals surface area contributed by atoms with Crippen molar-refractivity contribution in [2.45, 2.75) is 18.7 Å². The van der Waals surface area contributed by atoms with Gasteiger partial charge in [-0.1, -0.05) is 6.92 Å². The van der Waals surface area contributed by atoms with Crippen molar-refractivity contribution >= 4 is 17.4 Å². The van der Waals surface area contributed by atoms with E-state index in [2.05, 4.69) is 50.1 Å². The first-order chi connectivity index (χ1) is 6.27. The molecule has 2 heteroatoms. The molecule has 0 heterocycles.